The molecule has 10 heteroatoms. The molecule has 1 saturated heterocycles. The van der Waals surface area contributed by atoms with E-state index in [1.165, 1.54) is 30.6 Å². The van der Waals surface area contributed by atoms with Gasteiger partial charge < -0.3 is 21.3 Å². The second-order valence-electron chi connectivity index (χ2n) is 9.33. The molecule has 1 amide bonds. The largest absolute Gasteiger partial charge is 0.380 e. The Hall–Kier alpha value is -3.37. The highest BCUT2D eigenvalue weighted by molar-refractivity contribution is 7.93. The number of aromatic nitrogens is 1. The zero-order valence-electron chi connectivity index (χ0n) is 21.1. The Kier molecular flexibility index (Phi) is 8.83. The zero-order valence-corrected chi connectivity index (χ0v) is 21.9. The fourth-order valence-electron chi connectivity index (χ4n) is 4.35. The van der Waals surface area contributed by atoms with Crippen molar-refractivity contribution in [2.45, 2.75) is 32.1 Å². The summed E-state index contributed by atoms with van der Waals surface area (Å²) in [6.45, 7) is 8.93. The van der Waals surface area contributed by atoms with Gasteiger partial charge in [0.2, 0.25) is 0 Å². The van der Waals surface area contributed by atoms with Crippen LogP contribution in [0.15, 0.2) is 54.7 Å². The van der Waals surface area contributed by atoms with Gasteiger partial charge in [0.25, 0.3) is 5.91 Å². The molecule has 1 unspecified atom stereocenters. The maximum Gasteiger partial charge on any atom is 0.252 e. The zero-order chi connectivity index (χ0) is 26.4. The Morgan fingerprint density at radius 2 is 1.84 bits per heavy atom. The number of carbonyl (C=O) groups is 1. The number of primary amides is 1. The number of hydrogen-bond acceptors (Lipinski definition) is 6. The van der Waals surface area contributed by atoms with Crippen LogP contribution in [0.1, 0.15) is 36.2 Å². The van der Waals surface area contributed by atoms with Crippen LogP contribution in [-0.2, 0) is 6.54 Å². The number of rotatable bonds is 9. The van der Waals surface area contributed by atoms with Gasteiger partial charge in [0.05, 0.1) is 41.5 Å². The average molecular weight is 528 g/mol. The van der Waals surface area contributed by atoms with Crippen molar-refractivity contribution >= 4 is 40.7 Å². The Bertz CT molecular complexity index is 1200. The molecule has 0 radical (unpaired) electrons. The number of benzene rings is 2. The Labute approximate surface area is 220 Å². The Balaban J connectivity index is 1.42. The molecule has 0 saturated carbocycles. The maximum atomic E-state index is 13.5. The summed E-state index contributed by atoms with van der Waals surface area (Å²) in [7, 11) is 0. The normalized spacial score (nSPS) is 15.9. The van der Waals surface area contributed by atoms with Crippen LogP contribution < -0.4 is 25.6 Å². The van der Waals surface area contributed by atoms with E-state index >= 15 is 0 Å². The standard InChI is InChI=1S/C27H32F2N6OS/c1-18(2)37-35-9-3-8-34(10-11-35)23-6-4-22(5-7-23)33-26-15-25(24(17-32-26)27(30)36)31-16-19-12-20(28)14-21(29)13-19/h4-7,12-15,17-18H,3,8-11,16H2,1-2H3,(H2,30,36)(H2,31,32,33)/p+1. The maximum absolute atomic E-state index is 13.5. The first-order valence-corrected chi connectivity index (χ1v) is 13.3. The molecule has 1 aromatic heterocycles. The number of nitrogens with one attached hydrogen (secondary N) is 3. The van der Waals surface area contributed by atoms with Crippen molar-refractivity contribution < 1.29 is 17.9 Å². The van der Waals surface area contributed by atoms with E-state index in [2.05, 4.69) is 46.5 Å². The van der Waals surface area contributed by atoms with Gasteiger partial charge in [0.1, 0.15) is 24.0 Å². The Morgan fingerprint density at radius 3 is 2.51 bits per heavy atom. The van der Waals surface area contributed by atoms with Crippen molar-refractivity contribution in [2.24, 2.45) is 5.73 Å². The van der Waals surface area contributed by atoms with Crippen molar-refractivity contribution in [1.29, 1.82) is 0 Å². The Morgan fingerprint density at radius 1 is 1.11 bits per heavy atom. The average Bonchev–Trinajstić information content (AvgIpc) is 3.08. The van der Waals surface area contributed by atoms with Crippen LogP contribution in [0.4, 0.5) is 31.7 Å². The molecule has 0 bridgehead atoms. The molecular weight excluding hydrogens is 494 g/mol. The lowest BCUT2D eigenvalue weighted by Crippen LogP contribution is -3.06. The van der Waals surface area contributed by atoms with Gasteiger partial charge in [-0.1, -0.05) is 0 Å². The monoisotopic (exact) mass is 527 g/mol. The predicted molar refractivity (Wildman–Crippen MR) is 146 cm³/mol. The summed E-state index contributed by atoms with van der Waals surface area (Å²) in [6, 6.07) is 13.1. The minimum atomic E-state index is -0.666. The van der Waals surface area contributed by atoms with Crippen LogP contribution in [-0.4, -0.2) is 42.3 Å². The molecular formula is C27H33F2N6OS+. The number of carbonyl (C=O) groups excluding carboxylic acids is 1. The van der Waals surface area contributed by atoms with E-state index in [9.17, 15) is 13.6 Å². The van der Waals surface area contributed by atoms with Crippen molar-refractivity contribution in [3.63, 3.8) is 0 Å². The molecule has 5 N–H and O–H groups in total. The van der Waals surface area contributed by atoms with Crippen LogP contribution in [0.5, 0.6) is 0 Å². The third-order valence-electron chi connectivity index (χ3n) is 6.03. The van der Waals surface area contributed by atoms with Crippen LogP contribution in [0, 0.1) is 11.6 Å². The van der Waals surface area contributed by atoms with E-state index in [-0.39, 0.29) is 12.1 Å². The molecule has 3 aromatic rings. The van der Waals surface area contributed by atoms with Crippen molar-refractivity contribution in [2.75, 3.05) is 41.7 Å². The molecule has 1 fully saturated rings. The number of halogens is 2. The van der Waals surface area contributed by atoms with E-state index in [0.717, 1.165) is 37.8 Å². The molecule has 1 atom stereocenters. The van der Waals surface area contributed by atoms with Gasteiger partial charge in [-0.25, -0.2) is 13.8 Å². The van der Waals surface area contributed by atoms with E-state index in [1.54, 1.807) is 10.4 Å². The molecule has 0 aliphatic carbocycles. The summed E-state index contributed by atoms with van der Waals surface area (Å²) >= 11 is 2.00. The molecule has 1 aliphatic rings. The van der Waals surface area contributed by atoms with Gasteiger partial charge in [0.15, 0.2) is 0 Å². The topological polar surface area (TPSA) is 87.7 Å². The molecule has 0 spiro atoms. The summed E-state index contributed by atoms with van der Waals surface area (Å²) in [6.07, 6.45) is 2.54. The summed E-state index contributed by atoms with van der Waals surface area (Å²) in [5.74, 6) is -1.48. The molecule has 7 nitrogen and oxygen atoms in total. The fraction of sp³-hybridized carbons (Fsp3) is 0.333. The lowest BCUT2D eigenvalue weighted by molar-refractivity contribution is -0.752. The second kappa shape index (κ2) is 12.2. The predicted octanol–water partition coefficient (Wildman–Crippen LogP) is 3.97. The van der Waals surface area contributed by atoms with Gasteiger partial charge in [-0.05, 0) is 55.8 Å². The number of nitrogens with zero attached hydrogens (tertiary/aromatic N) is 2. The second-order valence-corrected chi connectivity index (χ2v) is 11.1. The van der Waals surface area contributed by atoms with Crippen LogP contribution >= 0.6 is 11.9 Å². The lowest BCUT2D eigenvalue weighted by Gasteiger charge is -2.22. The highest BCUT2D eigenvalue weighted by atomic mass is 32.2. The summed E-state index contributed by atoms with van der Waals surface area (Å²) < 4.78 is 28.7. The van der Waals surface area contributed by atoms with Gasteiger partial charge >= 0.3 is 0 Å². The number of pyridine rings is 1. The van der Waals surface area contributed by atoms with Crippen LogP contribution in [0.3, 0.4) is 0 Å². The lowest BCUT2D eigenvalue weighted by atomic mass is 10.1. The molecule has 2 aromatic carbocycles. The number of nitrogens with two attached hydrogens (primary N) is 1. The quantitative estimate of drug-likeness (QED) is 0.315. The van der Waals surface area contributed by atoms with E-state index in [4.69, 9.17) is 5.73 Å². The molecule has 37 heavy (non-hydrogen) atoms. The first-order valence-electron chi connectivity index (χ1n) is 12.4. The van der Waals surface area contributed by atoms with Gasteiger partial charge in [-0.3, -0.25) is 9.10 Å². The molecule has 196 valence electrons. The molecule has 1 aliphatic heterocycles. The van der Waals surface area contributed by atoms with Crippen LogP contribution in [0.2, 0.25) is 0 Å². The SMILES string of the molecule is CC(C)S[NH+]1CCCN(c2ccc(Nc3cc(NCc4cc(F)cc(F)c4)c(C(N)=O)cn3)cc2)CC1. The van der Waals surface area contributed by atoms with E-state index in [1.807, 2.05) is 24.1 Å². The number of amides is 1. The number of quaternary nitrogens is 1. The summed E-state index contributed by atoms with van der Waals surface area (Å²) in [5, 5.41) is 6.91. The summed E-state index contributed by atoms with van der Waals surface area (Å²) in [4.78, 5) is 18.6. The third-order valence-corrected chi connectivity index (χ3v) is 7.24. The smallest absolute Gasteiger partial charge is 0.252 e. The number of anilines is 4. The third kappa shape index (κ3) is 7.56. The van der Waals surface area contributed by atoms with E-state index in [0.29, 0.717) is 22.3 Å². The fourth-order valence-corrected chi connectivity index (χ4v) is 5.49. The first kappa shape index (κ1) is 26.7. The molecule has 2 heterocycles. The van der Waals surface area contributed by atoms with Gasteiger partial charge in [0, 0.05) is 49.2 Å². The van der Waals surface area contributed by atoms with Crippen molar-refractivity contribution in [3.05, 3.63) is 77.5 Å². The van der Waals surface area contributed by atoms with Gasteiger partial charge in [-0.2, -0.15) is 0 Å². The molecule has 4 rings (SSSR count). The highest BCUT2D eigenvalue weighted by Gasteiger charge is 2.20. The summed E-state index contributed by atoms with van der Waals surface area (Å²) in [5.41, 5.74) is 8.53. The van der Waals surface area contributed by atoms with Gasteiger partial charge in [-0.15, -0.1) is 0 Å². The number of hydrogen-bond donors (Lipinski definition) is 4. The minimum absolute atomic E-state index is 0.109. The van der Waals surface area contributed by atoms with Crippen LogP contribution in [0.25, 0.3) is 0 Å². The van der Waals surface area contributed by atoms with E-state index < -0.39 is 17.5 Å². The van der Waals surface area contributed by atoms with Crippen molar-refractivity contribution in [1.82, 2.24) is 4.98 Å². The highest BCUT2D eigenvalue weighted by Crippen LogP contribution is 2.24. The minimum Gasteiger partial charge on any atom is -0.380 e. The first-order chi connectivity index (χ1) is 17.8. The van der Waals surface area contributed by atoms with Crippen molar-refractivity contribution in [3.8, 4) is 0 Å².